The van der Waals surface area contributed by atoms with E-state index < -0.39 is 10.0 Å². The molecule has 0 fully saturated rings. The van der Waals surface area contributed by atoms with E-state index in [0.717, 1.165) is 35.1 Å². The second-order valence-corrected chi connectivity index (χ2v) is 10.4. The van der Waals surface area contributed by atoms with Crippen molar-refractivity contribution in [1.29, 1.82) is 0 Å². The number of amides is 1. The van der Waals surface area contributed by atoms with Crippen LogP contribution in [-0.4, -0.2) is 27.7 Å². The molecule has 1 amide bonds. The summed E-state index contributed by atoms with van der Waals surface area (Å²) in [6, 6.07) is 19.3. The number of halogens is 1. The van der Waals surface area contributed by atoms with E-state index in [2.05, 4.69) is 5.32 Å². The van der Waals surface area contributed by atoms with Gasteiger partial charge in [0.1, 0.15) is 5.75 Å². The number of nitrogens with one attached hydrogen (secondary N) is 1. The highest BCUT2D eigenvalue weighted by molar-refractivity contribution is 7.92. The summed E-state index contributed by atoms with van der Waals surface area (Å²) in [5.74, 6) is 0.574. The molecule has 1 atom stereocenters. The zero-order valence-electron chi connectivity index (χ0n) is 19.7. The van der Waals surface area contributed by atoms with Gasteiger partial charge in [-0.2, -0.15) is 0 Å². The lowest BCUT2D eigenvalue weighted by Crippen LogP contribution is -2.30. The maximum Gasteiger partial charge on any atom is 0.251 e. The highest BCUT2D eigenvalue weighted by atomic mass is 35.5. The van der Waals surface area contributed by atoms with Crippen LogP contribution in [0.1, 0.15) is 46.4 Å². The number of nitrogens with zero attached hydrogens (tertiary/aromatic N) is 1. The number of carbonyl (C=O) groups excluding carboxylic acids is 1. The molecule has 3 aromatic rings. The lowest BCUT2D eigenvalue weighted by molar-refractivity contribution is 0.0935. The van der Waals surface area contributed by atoms with Crippen molar-refractivity contribution < 1.29 is 17.9 Å². The zero-order chi connectivity index (χ0) is 24.9. The minimum atomic E-state index is -3.54. The normalized spacial score (nSPS) is 12.1. The van der Waals surface area contributed by atoms with Crippen molar-refractivity contribution in [3.05, 3.63) is 94.0 Å². The summed E-state index contributed by atoms with van der Waals surface area (Å²) in [7, 11) is -1.91. The number of carbonyl (C=O) groups is 1. The van der Waals surface area contributed by atoms with Gasteiger partial charge in [-0.15, -0.1) is 0 Å². The molecule has 0 unspecified atom stereocenters. The van der Waals surface area contributed by atoms with Crippen molar-refractivity contribution in [3.8, 4) is 5.75 Å². The average Bonchev–Trinajstić information content (AvgIpc) is 2.81. The number of anilines is 1. The predicted octanol–water partition coefficient (Wildman–Crippen LogP) is 5.50. The van der Waals surface area contributed by atoms with E-state index in [-0.39, 0.29) is 18.5 Å². The molecule has 0 saturated heterocycles. The van der Waals surface area contributed by atoms with Gasteiger partial charge in [0, 0.05) is 10.6 Å². The Kier molecular flexibility index (Phi) is 8.23. The van der Waals surface area contributed by atoms with Crippen LogP contribution in [0.15, 0.2) is 66.7 Å². The lowest BCUT2D eigenvalue weighted by atomic mass is 10.0. The molecular formula is C26H29ClN2O4S. The molecule has 0 radical (unpaired) electrons. The van der Waals surface area contributed by atoms with E-state index in [0.29, 0.717) is 16.3 Å². The van der Waals surface area contributed by atoms with Gasteiger partial charge in [-0.05, 0) is 72.5 Å². The van der Waals surface area contributed by atoms with E-state index in [1.165, 1.54) is 4.31 Å². The molecule has 1 N–H and O–H groups in total. The number of hydrogen-bond donors (Lipinski definition) is 1. The molecule has 0 aliphatic carbocycles. The summed E-state index contributed by atoms with van der Waals surface area (Å²) in [6.45, 7) is 4.14. The Morgan fingerprint density at radius 2 is 1.71 bits per heavy atom. The number of hydrogen-bond acceptors (Lipinski definition) is 4. The molecule has 3 rings (SSSR count). The molecule has 0 bridgehead atoms. The summed E-state index contributed by atoms with van der Waals surface area (Å²) >= 11 is 5.93. The lowest BCUT2D eigenvalue weighted by Gasteiger charge is -2.23. The molecule has 34 heavy (non-hydrogen) atoms. The standard InChI is InChI=1S/C26H29ClN2O4S/c1-5-24(21-10-15-25(33-3)18(2)16-21)28-26(30)20-8-13-23(14-9-20)29(34(4,31)32)17-19-6-11-22(27)12-7-19/h6-16,24H,5,17H2,1-4H3,(H,28,30)/t24-/m1/s1. The first-order valence-electron chi connectivity index (χ1n) is 10.9. The molecule has 0 spiro atoms. The molecular weight excluding hydrogens is 472 g/mol. The van der Waals surface area contributed by atoms with Gasteiger partial charge in [0.15, 0.2) is 0 Å². The van der Waals surface area contributed by atoms with Crippen molar-refractivity contribution in [2.24, 2.45) is 0 Å². The number of methoxy groups -OCH3 is 1. The summed E-state index contributed by atoms with van der Waals surface area (Å²) < 4.78 is 31.5. The van der Waals surface area contributed by atoms with Crippen molar-refractivity contribution in [2.75, 3.05) is 17.7 Å². The van der Waals surface area contributed by atoms with Crippen LogP contribution in [-0.2, 0) is 16.6 Å². The maximum atomic E-state index is 12.9. The van der Waals surface area contributed by atoms with E-state index in [4.69, 9.17) is 16.3 Å². The fraction of sp³-hybridized carbons (Fsp3) is 0.269. The first-order chi connectivity index (χ1) is 16.1. The van der Waals surface area contributed by atoms with E-state index in [9.17, 15) is 13.2 Å². The van der Waals surface area contributed by atoms with E-state index in [1.807, 2.05) is 32.0 Å². The summed E-state index contributed by atoms with van der Waals surface area (Å²) in [5, 5.41) is 3.65. The SMILES string of the molecule is CC[C@@H](NC(=O)c1ccc(N(Cc2ccc(Cl)cc2)S(C)(=O)=O)cc1)c1ccc(OC)c(C)c1. The maximum absolute atomic E-state index is 12.9. The number of aryl methyl sites for hydroxylation is 1. The van der Waals surface area contributed by atoms with Gasteiger partial charge in [-0.1, -0.05) is 42.8 Å². The molecule has 0 aromatic heterocycles. The Labute approximate surface area is 206 Å². The Bertz CT molecular complexity index is 1240. The minimum absolute atomic E-state index is 0.158. The monoisotopic (exact) mass is 500 g/mol. The van der Waals surface area contributed by atoms with Gasteiger partial charge in [-0.3, -0.25) is 9.10 Å². The van der Waals surface area contributed by atoms with Crippen LogP contribution in [0.3, 0.4) is 0 Å². The molecule has 0 heterocycles. The first kappa shape index (κ1) is 25.6. The predicted molar refractivity (Wildman–Crippen MR) is 137 cm³/mol. The van der Waals surface area contributed by atoms with Crippen molar-refractivity contribution in [2.45, 2.75) is 32.9 Å². The summed E-state index contributed by atoms with van der Waals surface area (Å²) in [6.07, 6.45) is 1.88. The molecule has 0 aliphatic heterocycles. The minimum Gasteiger partial charge on any atom is -0.496 e. The summed E-state index contributed by atoms with van der Waals surface area (Å²) in [4.78, 5) is 12.9. The Morgan fingerprint density at radius 1 is 1.06 bits per heavy atom. The Morgan fingerprint density at radius 3 is 2.24 bits per heavy atom. The third kappa shape index (κ3) is 6.30. The van der Waals surface area contributed by atoms with Crippen molar-refractivity contribution in [1.82, 2.24) is 5.32 Å². The fourth-order valence-electron chi connectivity index (χ4n) is 3.72. The molecule has 0 aliphatic rings. The molecule has 6 nitrogen and oxygen atoms in total. The van der Waals surface area contributed by atoms with Crippen molar-refractivity contribution >= 4 is 33.2 Å². The Balaban J connectivity index is 1.77. The van der Waals surface area contributed by atoms with Gasteiger partial charge in [-0.25, -0.2) is 8.42 Å². The molecule has 3 aromatic carbocycles. The number of benzene rings is 3. The smallest absolute Gasteiger partial charge is 0.251 e. The van der Waals surface area contributed by atoms with Crippen LogP contribution < -0.4 is 14.4 Å². The molecule has 8 heteroatoms. The third-order valence-corrected chi connectivity index (χ3v) is 6.98. The van der Waals surface area contributed by atoms with Gasteiger partial charge in [0.05, 0.1) is 31.6 Å². The van der Waals surface area contributed by atoms with E-state index >= 15 is 0 Å². The highest BCUT2D eigenvalue weighted by Gasteiger charge is 2.20. The first-order valence-corrected chi connectivity index (χ1v) is 13.1. The van der Waals surface area contributed by atoms with Crippen LogP contribution in [0.4, 0.5) is 5.69 Å². The second-order valence-electron chi connectivity index (χ2n) is 8.11. The Hall–Kier alpha value is -3.03. The van der Waals surface area contributed by atoms with Crippen LogP contribution in [0, 0.1) is 6.92 Å². The summed E-state index contributed by atoms with van der Waals surface area (Å²) in [5.41, 5.74) is 3.73. The average molecular weight is 501 g/mol. The van der Waals surface area contributed by atoms with Crippen LogP contribution in [0.5, 0.6) is 5.75 Å². The zero-order valence-corrected chi connectivity index (χ0v) is 21.3. The van der Waals surface area contributed by atoms with Gasteiger partial charge in [0.2, 0.25) is 10.0 Å². The quantitative estimate of drug-likeness (QED) is 0.420. The van der Waals surface area contributed by atoms with E-state index in [1.54, 1.807) is 55.6 Å². The van der Waals surface area contributed by atoms with Crippen LogP contribution >= 0.6 is 11.6 Å². The fourth-order valence-corrected chi connectivity index (χ4v) is 4.73. The van der Waals surface area contributed by atoms with Crippen LogP contribution in [0.25, 0.3) is 0 Å². The largest absolute Gasteiger partial charge is 0.496 e. The molecule has 0 saturated carbocycles. The number of rotatable bonds is 9. The van der Waals surface area contributed by atoms with Gasteiger partial charge >= 0.3 is 0 Å². The van der Waals surface area contributed by atoms with Gasteiger partial charge in [0.25, 0.3) is 5.91 Å². The van der Waals surface area contributed by atoms with Crippen molar-refractivity contribution in [3.63, 3.8) is 0 Å². The van der Waals surface area contributed by atoms with Gasteiger partial charge < -0.3 is 10.1 Å². The van der Waals surface area contributed by atoms with Crippen LogP contribution in [0.2, 0.25) is 5.02 Å². The highest BCUT2D eigenvalue weighted by Crippen LogP contribution is 2.26. The topological polar surface area (TPSA) is 75.7 Å². The third-order valence-electron chi connectivity index (χ3n) is 5.59. The number of sulfonamides is 1. The second kappa shape index (κ2) is 10.9. The molecule has 180 valence electrons. The number of ether oxygens (including phenoxy) is 1.